The molecule has 248 valence electrons. The van der Waals surface area contributed by atoms with Gasteiger partial charge >= 0.3 is 12.1 Å². The van der Waals surface area contributed by atoms with Gasteiger partial charge < -0.3 is 24.9 Å². The van der Waals surface area contributed by atoms with Crippen molar-refractivity contribution >= 4 is 28.9 Å². The van der Waals surface area contributed by atoms with E-state index in [-0.39, 0.29) is 45.5 Å². The number of carboxylic acid groups (broad SMARTS) is 1. The van der Waals surface area contributed by atoms with Crippen molar-refractivity contribution in [2.24, 2.45) is 0 Å². The SMILES string of the molecule is CNC(=O)c1c(-c2ccc(Oc3ccc(C(=O)O)cn3)cc2)oc2nc(CCC(F)(F)F)c(-c3cccc(C(=O)NC(C)(C)C)c3)cc12. The van der Waals surface area contributed by atoms with Gasteiger partial charge in [0.15, 0.2) is 0 Å². The molecule has 0 spiro atoms. The number of amides is 2. The average molecular weight is 661 g/mol. The number of nitrogens with one attached hydrogen (secondary N) is 2. The predicted octanol–water partition coefficient (Wildman–Crippen LogP) is 7.43. The van der Waals surface area contributed by atoms with E-state index in [1.54, 1.807) is 54.6 Å². The van der Waals surface area contributed by atoms with Crippen LogP contribution in [-0.2, 0) is 6.42 Å². The van der Waals surface area contributed by atoms with Gasteiger partial charge in [-0.15, -0.1) is 0 Å². The Morgan fingerprint density at radius 3 is 2.25 bits per heavy atom. The molecule has 0 saturated heterocycles. The number of alkyl halides is 3. The summed E-state index contributed by atoms with van der Waals surface area (Å²) >= 11 is 0. The normalized spacial score (nSPS) is 11.7. The Kier molecular flexibility index (Phi) is 9.24. The Balaban J connectivity index is 1.58. The van der Waals surface area contributed by atoms with Crippen LogP contribution in [-0.4, -0.2) is 51.6 Å². The lowest BCUT2D eigenvalue weighted by Gasteiger charge is -2.20. The molecule has 0 unspecified atom stereocenters. The molecule has 0 atom stereocenters. The number of fused-ring (bicyclic) bond motifs is 1. The zero-order valence-corrected chi connectivity index (χ0v) is 26.4. The van der Waals surface area contributed by atoms with Crippen molar-refractivity contribution in [1.82, 2.24) is 20.6 Å². The van der Waals surface area contributed by atoms with Gasteiger partial charge in [-0.2, -0.15) is 13.2 Å². The predicted molar refractivity (Wildman–Crippen MR) is 171 cm³/mol. The lowest BCUT2D eigenvalue weighted by atomic mass is 9.96. The number of hydrogen-bond donors (Lipinski definition) is 3. The van der Waals surface area contributed by atoms with E-state index in [4.69, 9.17) is 14.3 Å². The topological polar surface area (TPSA) is 144 Å². The lowest BCUT2D eigenvalue weighted by molar-refractivity contribution is -0.134. The number of aromatic nitrogens is 2. The van der Waals surface area contributed by atoms with Crippen LogP contribution in [0.25, 0.3) is 33.6 Å². The second-order valence-electron chi connectivity index (χ2n) is 11.9. The maximum Gasteiger partial charge on any atom is 0.389 e. The largest absolute Gasteiger partial charge is 0.478 e. The minimum absolute atomic E-state index is 0.00128. The molecule has 2 amide bonds. The first-order chi connectivity index (χ1) is 22.6. The number of aromatic carboxylic acids is 1. The molecule has 3 heterocycles. The molecule has 10 nitrogen and oxygen atoms in total. The minimum atomic E-state index is -4.46. The second-order valence-corrected chi connectivity index (χ2v) is 11.9. The Hall–Kier alpha value is -5.72. The van der Waals surface area contributed by atoms with Crippen molar-refractivity contribution in [2.45, 2.75) is 45.3 Å². The van der Waals surface area contributed by atoms with Crippen LogP contribution in [0.1, 0.15) is 64.0 Å². The second kappa shape index (κ2) is 13.2. The van der Waals surface area contributed by atoms with E-state index < -0.39 is 36.4 Å². The Bertz CT molecular complexity index is 2000. The van der Waals surface area contributed by atoms with E-state index in [2.05, 4.69) is 20.6 Å². The first kappa shape index (κ1) is 33.6. The maximum atomic E-state index is 13.4. The summed E-state index contributed by atoms with van der Waals surface area (Å²) in [5, 5.41) is 14.8. The number of aryl methyl sites for hydroxylation is 1. The molecule has 5 aromatic rings. The molecule has 0 fully saturated rings. The van der Waals surface area contributed by atoms with Crippen LogP contribution in [0.4, 0.5) is 13.2 Å². The molecule has 0 aliphatic rings. The Labute approximate surface area is 273 Å². The van der Waals surface area contributed by atoms with Gasteiger partial charge in [0.05, 0.1) is 22.2 Å². The summed E-state index contributed by atoms with van der Waals surface area (Å²) in [6.45, 7) is 5.49. The van der Waals surface area contributed by atoms with Crippen LogP contribution in [0.5, 0.6) is 11.6 Å². The molecule has 0 saturated carbocycles. The van der Waals surface area contributed by atoms with E-state index in [9.17, 15) is 27.6 Å². The molecule has 3 N–H and O–H groups in total. The third-order valence-corrected chi connectivity index (χ3v) is 7.11. The molecule has 2 aromatic carbocycles. The van der Waals surface area contributed by atoms with Crippen LogP contribution >= 0.6 is 0 Å². The monoisotopic (exact) mass is 660 g/mol. The highest BCUT2D eigenvalue weighted by atomic mass is 19.4. The van der Waals surface area contributed by atoms with Gasteiger partial charge in [0.1, 0.15) is 11.5 Å². The van der Waals surface area contributed by atoms with Crippen molar-refractivity contribution in [1.29, 1.82) is 0 Å². The third kappa shape index (κ3) is 7.80. The summed E-state index contributed by atoms with van der Waals surface area (Å²) in [7, 11) is 1.44. The number of rotatable bonds is 9. The number of carbonyl (C=O) groups is 3. The molecule has 13 heteroatoms. The highest BCUT2D eigenvalue weighted by Crippen LogP contribution is 2.38. The van der Waals surface area contributed by atoms with Crippen molar-refractivity contribution < 1.29 is 41.8 Å². The van der Waals surface area contributed by atoms with Gasteiger partial charge in [-0.25, -0.2) is 14.8 Å². The average Bonchev–Trinajstić information content (AvgIpc) is 3.41. The summed E-state index contributed by atoms with van der Waals surface area (Å²) in [5.74, 6) is -1.34. The number of carboxylic acids is 1. The number of hydrogen-bond acceptors (Lipinski definition) is 7. The fraction of sp³-hybridized carbons (Fsp3) is 0.229. The number of nitrogens with zero attached hydrogens (tertiary/aromatic N) is 2. The van der Waals surface area contributed by atoms with Crippen LogP contribution in [0.2, 0.25) is 0 Å². The summed E-state index contributed by atoms with van der Waals surface area (Å²) in [4.78, 5) is 45.7. The van der Waals surface area contributed by atoms with Crippen molar-refractivity contribution in [3.63, 3.8) is 0 Å². The van der Waals surface area contributed by atoms with Crippen LogP contribution in [0.15, 0.2) is 77.3 Å². The van der Waals surface area contributed by atoms with Gasteiger partial charge in [-0.05, 0) is 81.3 Å². The van der Waals surface area contributed by atoms with E-state index in [1.807, 2.05) is 20.8 Å². The van der Waals surface area contributed by atoms with Crippen molar-refractivity contribution in [3.05, 3.63) is 95.3 Å². The highest BCUT2D eigenvalue weighted by molar-refractivity contribution is 6.11. The van der Waals surface area contributed by atoms with Crippen molar-refractivity contribution in [2.75, 3.05) is 7.05 Å². The van der Waals surface area contributed by atoms with E-state index in [0.717, 1.165) is 6.20 Å². The van der Waals surface area contributed by atoms with Crippen LogP contribution in [0.3, 0.4) is 0 Å². The Morgan fingerprint density at radius 2 is 1.65 bits per heavy atom. The zero-order chi connectivity index (χ0) is 34.8. The number of furan rings is 1. The molecule has 0 aliphatic carbocycles. The van der Waals surface area contributed by atoms with E-state index in [1.165, 1.54) is 19.2 Å². The smallest absolute Gasteiger partial charge is 0.389 e. The summed E-state index contributed by atoms with van der Waals surface area (Å²) in [5.41, 5.74) is 1.17. The minimum Gasteiger partial charge on any atom is -0.478 e. The zero-order valence-electron chi connectivity index (χ0n) is 26.4. The number of pyridine rings is 2. The number of ether oxygens (including phenoxy) is 1. The summed E-state index contributed by atoms with van der Waals surface area (Å²) < 4.78 is 51.9. The van der Waals surface area contributed by atoms with E-state index in [0.29, 0.717) is 28.0 Å². The Morgan fingerprint density at radius 1 is 0.917 bits per heavy atom. The maximum absolute atomic E-state index is 13.4. The molecule has 5 rings (SSSR count). The highest BCUT2D eigenvalue weighted by Gasteiger charge is 2.29. The molecule has 0 bridgehead atoms. The van der Waals surface area contributed by atoms with Crippen molar-refractivity contribution in [3.8, 4) is 34.1 Å². The molecular formula is C35H31F3N4O6. The first-order valence-corrected chi connectivity index (χ1v) is 14.8. The number of halogens is 3. The molecule has 48 heavy (non-hydrogen) atoms. The molecule has 3 aromatic heterocycles. The van der Waals surface area contributed by atoms with Gasteiger partial charge in [-0.3, -0.25) is 9.59 Å². The van der Waals surface area contributed by atoms with Gasteiger partial charge in [0.2, 0.25) is 11.6 Å². The summed E-state index contributed by atoms with van der Waals surface area (Å²) in [6.07, 6.45) is -4.90. The molecule has 0 radical (unpaired) electrons. The molecular weight excluding hydrogens is 629 g/mol. The number of carbonyl (C=O) groups excluding carboxylic acids is 2. The first-order valence-electron chi connectivity index (χ1n) is 14.8. The molecule has 0 aliphatic heterocycles. The van der Waals surface area contributed by atoms with Gasteiger partial charge in [0.25, 0.3) is 11.8 Å². The van der Waals surface area contributed by atoms with Crippen LogP contribution in [0, 0.1) is 0 Å². The summed E-state index contributed by atoms with van der Waals surface area (Å²) in [6, 6.07) is 17.2. The van der Waals surface area contributed by atoms with E-state index >= 15 is 0 Å². The van der Waals surface area contributed by atoms with Crippen LogP contribution < -0.4 is 15.4 Å². The fourth-order valence-corrected chi connectivity index (χ4v) is 4.92. The quantitative estimate of drug-likeness (QED) is 0.148. The standard InChI is InChI=1S/C35H31F3N4O6/c1-34(2,3)42-30(43)21-7-5-6-20(16-21)24-17-25-28(31(44)39-4)29(48-32(25)41-26(24)14-15-35(36,37)38)19-8-11-23(12-9-19)47-27-13-10-22(18-40-27)33(45)46/h5-13,16-18H,14-15H2,1-4H3,(H,39,44)(H,42,43)(H,45,46). The van der Waals surface area contributed by atoms with Gasteiger partial charge in [0, 0.05) is 48.0 Å². The number of benzene rings is 2. The third-order valence-electron chi connectivity index (χ3n) is 7.11. The fourth-order valence-electron chi connectivity index (χ4n) is 4.92. The lowest BCUT2D eigenvalue weighted by Crippen LogP contribution is -2.40. The van der Waals surface area contributed by atoms with Gasteiger partial charge in [-0.1, -0.05) is 12.1 Å².